The summed E-state index contributed by atoms with van der Waals surface area (Å²) in [5, 5.41) is 3.01. The standard InChI is InChI=1S/C23H30N2O4S/c1-15-6-7-20(14-22(15)30(27,28)25-8-10-29-11-9-25)23(26)24-19(5)21-13-17(3)16(2)12-18(21)4/h6-7,12-14,19H,8-11H2,1-5H3,(H,24,26). The molecule has 30 heavy (non-hydrogen) atoms. The Labute approximate surface area is 179 Å². The Balaban J connectivity index is 1.85. The van der Waals surface area contributed by atoms with Crippen molar-refractivity contribution in [1.82, 2.24) is 9.62 Å². The molecule has 6 nitrogen and oxygen atoms in total. The molecule has 162 valence electrons. The van der Waals surface area contributed by atoms with E-state index in [0.717, 1.165) is 11.1 Å². The van der Waals surface area contributed by atoms with Gasteiger partial charge in [-0.05, 0) is 74.6 Å². The van der Waals surface area contributed by atoms with Crippen LogP contribution in [0.3, 0.4) is 0 Å². The topological polar surface area (TPSA) is 75.7 Å². The molecule has 1 saturated heterocycles. The summed E-state index contributed by atoms with van der Waals surface area (Å²) in [7, 11) is -3.67. The number of amides is 1. The van der Waals surface area contributed by atoms with Crippen molar-refractivity contribution in [3.8, 4) is 0 Å². The molecule has 7 heteroatoms. The Morgan fingerprint density at radius 3 is 2.27 bits per heavy atom. The van der Waals surface area contributed by atoms with E-state index in [-0.39, 0.29) is 16.8 Å². The number of hydrogen-bond donors (Lipinski definition) is 1. The molecule has 1 aliphatic heterocycles. The number of carbonyl (C=O) groups excluding carboxylic acids is 1. The average Bonchev–Trinajstić information content (AvgIpc) is 2.71. The normalized spacial score (nSPS) is 16.3. The SMILES string of the molecule is Cc1cc(C)c(C(C)NC(=O)c2ccc(C)c(S(=O)(=O)N3CCOCC3)c2)cc1C. The first-order valence-electron chi connectivity index (χ1n) is 10.2. The maximum Gasteiger partial charge on any atom is 0.251 e. The molecule has 0 aliphatic carbocycles. The Kier molecular flexibility index (Phi) is 6.65. The number of aryl methyl sites for hydroxylation is 4. The zero-order chi connectivity index (χ0) is 22.1. The van der Waals surface area contributed by atoms with Gasteiger partial charge in [0.25, 0.3) is 5.91 Å². The molecule has 0 aromatic heterocycles. The van der Waals surface area contributed by atoms with E-state index in [1.165, 1.54) is 21.5 Å². The van der Waals surface area contributed by atoms with Crippen molar-refractivity contribution in [3.63, 3.8) is 0 Å². The first-order valence-corrected chi connectivity index (χ1v) is 11.6. The number of morpholine rings is 1. The monoisotopic (exact) mass is 430 g/mol. The maximum absolute atomic E-state index is 13.1. The van der Waals surface area contributed by atoms with E-state index in [9.17, 15) is 13.2 Å². The summed E-state index contributed by atoms with van der Waals surface area (Å²) in [6.07, 6.45) is 0. The van der Waals surface area contributed by atoms with Gasteiger partial charge in [0.1, 0.15) is 0 Å². The van der Waals surface area contributed by atoms with Crippen molar-refractivity contribution in [2.24, 2.45) is 0 Å². The number of nitrogens with one attached hydrogen (secondary N) is 1. The Hall–Kier alpha value is -2.22. The molecule has 1 atom stereocenters. The predicted molar refractivity (Wildman–Crippen MR) is 117 cm³/mol. The van der Waals surface area contributed by atoms with Crippen LogP contribution >= 0.6 is 0 Å². The van der Waals surface area contributed by atoms with Gasteiger partial charge >= 0.3 is 0 Å². The van der Waals surface area contributed by atoms with Gasteiger partial charge < -0.3 is 10.1 Å². The molecule has 0 radical (unpaired) electrons. The molecule has 0 bridgehead atoms. The fraction of sp³-hybridized carbons (Fsp3) is 0.435. The lowest BCUT2D eigenvalue weighted by Gasteiger charge is -2.27. The molecule has 0 spiro atoms. The molecule has 2 aromatic rings. The zero-order valence-corrected chi connectivity index (χ0v) is 19.1. The van der Waals surface area contributed by atoms with Crippen LogP contribution in [-0.4, -0.2) is 44.9 Å². The lowest BCUT2D eigenvalue weighted by atomic mass is 9.96. The number of benzene rings is 2. The minimum atomic E-state index is -3.67. The minimum Gasteiger partial charge on any atom is -0.379 e. The molecular formula is C23H30N2O4S. The molecule has 0 saturated carbocycles. The van der Waals surface area contributed by atoms with Crippen LogP contribution in [0.4, 0.5) is 0 Å². The van der Waals surface area contributed by atoms with Gasteiger partial charge in [-0.25, -0.2) is 8.42 Å². The van der Waals surface area contributed by atoms with Crippen LogP contribution in [0.5, 0.6) is 0 Å². The fourth-order valence-corrected chi connectivity index (χ4v) is 5.41. The van der Waals surface area contributed by atoms with Crippen LogP contribution in [0.1, 0.15) is 51.1 Å². The molecule has 2 aromatic carbocycles. The summed E-state index contributed by atoms with van der Waals surface area (Å²) < 4.78 is 32.8. The lowest BCUT2D eigenvalue weighted by Crippen LogP contribution is -2.41. The Morgan fingerprint density at radius 2 is 1.60 bits per heavy atom. The zero-order valence-electron chi connectivity index (χ0n) is 18.3. The number of nitrogens with zero attached hydrogens (tertiary/aromatic N) is 1. The van der Waals surface area contributed by atoms with Crippen LogP contribution in [0, 0.1) is 27.7 Å². The van der Waals surface area contributed by atoms with Crippen LogP contribution in [0.25, 0.3) is 0 Å². The third-order valence-electron chi connectivity index (χ3n) is 5.73. The predicted octanol–water partition coefficient (Wildman–Crippen LogP) is 3.43. The summed E-state index contributed by atoms with van der Waals surface area (Å²) in [5.74, 6) is -0.293. The van der Waals surface area contributed by atoms with Gasteiger partial charge in [-0.15, -0.1) is 0 Å². The van der Waals surface area contributed by atoms with E-state index in [2.05, 4.69) is 31.3 Å². The summed E-state index contributed by atoms with van der Waals surface area (Å²) in [6, 6.07) is 8.86. The smallest absolute Gasteiger partial charge is 0.251 e. The third kappa shape index (κ3) is 4.58. The van der Waals surface area contributed by atoms with Crippen molar-refractivity contribution in [2.45, 2.75) is 45.6 Å². The summed E-state index contributed by atoms with van der Waals surface area (Å²) in [4.78, 5) is 13.1. The second-order valence-electron chi connectivity index (χ2n) is 7.98. The lowest BCUT2D eigenvalue weighted by molar-refractivity contribution is 0.0730. The van der Waals surface area contributed by atoms with E-state index in [0.29, 0.717) is 37.4 Å². The maximum atomic E-state index is 13.1. The Morgan fingerprint density at radius 1 is 0.967 bits per heavy atom. The third-order valence-corrected chi connectivity index (χ3v) is 7.78. The number of rotatable bonds is 5. The van der Waals surface area contributed by atoms with E-state index in [1.54, 1.807) is 19.1 Å². The Bertz CT molecular complexity index is 1060. The van der Waals surface area contributed by atoms with E-state index in [1.807, 2.05) is 13.8 Å². The number of sulfonamides is 1. The largest absolute Gasteiger partial charge is 0.379 e. The molecule has 1 amide bonds. The molecule has 1 heterocycles. The van der Waals surface area contributed by atoms with Crippen LogP contribution in [0.2, 0.25) is 0 Å². The molecule has 1 N–H and O–H groups in total. The highest BCUT2D eigenvalue weighted by Gasteiger charge is 2.28. The first-order chi connectivity index (χ1) is 14.1. The van der Waals surface area contributed by atoms with Gasteiger partial charge in [-0.1, -0.05) is 18.2 Å². The quantitative estimate of drug-likeness (QED) is 0.789. The first kappa shape index (κ1) is 22.5. The van der Waals surface area contributed by atoms with Crippen molar-refractivity contribution in [1.29, 1.82) is 0 Å². The van der Waals surface area contributed by atoms with Gasteiger partial charge in [0, 0.05) is 18.7 Å². The highest BCUT2D eigenvalue weighted by Crippen LogP contribution is 2.24. The highest BCUT2D eigenvalue weighted by molar-refractivity contribution is 7.89. The fourth-order valence-electron chi connectivity index (χ4n) is 3.75. The molecule has 1 unspecified atom stereocenters. The van der Waals surface area contributed by atoms with Crippen LogP contribution in [0.15, 0.2) is 35.2 Å². The van der Waals surface area contributed by atoms with Crippen LogP contribution in [-0.2, 0) is 14.8 Å². The van der Waals surface area contributed by atoms with E-state index >= 15 is 0 Å². The highest BCUT2D eigenvalue weighted by atomic mass is 32.2. The average molecular weight is 431 g/mol. The van der Waals surface area contributed by atoms with Gasteiger partial charge in [-0.3, -0.25) is 4.79 Å². The van der Waals surface area contributed by atoms with Gasteiger partial charge in [0.05, 0.1) is 24.2 Å². The molecule has 1 aliphatic rings. The van der Waals surface area contributed by atoms with Gasteiger partial charge in [0.15, 0.2) is 0 Å². The summed E-state index contributed by atoms with van der Waals surface area (Å²) in [5.41, 5.74) is 5.51. The van der Waals surface area contributed by atoms with Crippen molar-refractivity contribution in [3.05, 3.63) is 63.7 Å². The van der Waals surface area contributed by atoms with Gasteiger partial charge in [-0.2, -0.15) is 4.31 Å². The summed E-state index contributed by atoms with van der Waals surface area (Å²) in [6.45, 7) is 11.2. The van der Waals surface area contributed by atoms with Crippen molar-refractivity contribution >= 4 is 15.9 Å². The van der Waals surface area contributed by atoms with Crippen molar-refractivity contribution in [2.75, 3.05) is 26.3 Å². The number of ether oxygens (including phenoxy) is 1. The minimum absolute atomic E-state index is 0.173. The molecule has 1 fully saturated rings. The number of hydrogen-bond acceptors (Lipinski definition) is 4. The number of carbonyl (C=O) groups is 1. The van der Waals surface area contributed by atoms with Crippen LogP contribution < -0.4 is 5.32 Å². The van der Waals surface area contributed by atoms with Crippen molar-refractivity contribution < 1.29 is 17.9 Å². The second-order valence-corrected chi connectivity index (χ2v) is 9.89. The second kappa shape index (κ2) is 8.88. The molecular weight excluding hydrogens is 400 g/mol. The summed E-state index contributed by atoms with van der Waals surface area (Å²) >= 11 is 0. The van der Waals surface area contributed by atoms with Gasteiger partial charge in [0.2, 0.25) is 10.0 Å². The van der Waals surface area contributed by atoms with E-state index in [4.69, 9.17) is 4.74 Å². The van der Waals surface area contributed by atoms with E-state index < -0.39 is 10.0 Å². The molecule has 3 rings (SSSR count).